The zero-order valence-corrected chi connectivity index (χ0v) is 16.7. The van der Waals surface area contributed by atoms with Crippen LogP contribution in [0.15, 0.2) is 24.3 Å². The summed E-state index contributed by atoms with van der Waals surface area (Å²) in [6, 6.07) is 7.90. The van der Waals surface area contributed by atoms with E-state index in [0.717, 1.165) is 62.9 Å². The van der Waals surface area contributed by atoms with Gasteiger partial charge in [0, 0.05) is 31.5 Å². The number of nitrogens with one attached hydrogen (secondary N) is 2. The molecule has 3 rings (SSSR count). The van der Waals surface area contributed by atoms with Gasteiger partial charge in [-0.05, 0) is 62.6 Å². The number of hydrogen-bond donors (Lipinski definition) is 2. The normalized spacial score (nSPS) is 24.5. The second-order valence-electron chi connectivity index (χ2n) is 7.82. The molecule has 6 heteroatoms. The predicted molar refractivity (Wildman–Crippen MR) is 107 cm³/mol. The van der Waals surface area contributed by atoms with Crippen LogP contribution >= 0.6 is 0 Å². The number of amides is 2. The van der Waals surface area contributed by atoms with Crippen LogP contribution in [0.5, 0.6) is 5.75 Å². The Labute approximate surface area is 167 Å². The Morgan fingerprint density at radius 2 is 1.79 bits per heavy atom. The van der Waals surface area contributed by atoms with Gasteiger partial charge in [-0.3, -0.25) is 9.59 Å². The van der Waals surface area contributed by atoms with Crippen LogP contribution in [-0.4, -0.2) is 44.7 Å². The summed E-state index contributed by atoms with van der Waals surface area (Å²) in [5.41, 5.74) is 1.14. The lowest BCUT2D eigenvalue weighted by Crippen LogP contribution is -2.40. The Morgan fingerprint density at radius 3 is 2.43 bits per heavy atom. The summed E-state index contributed by atoms with van der Waals surface area (Å²) >= 11 is 0. The molecule has 0 radical (unpaired) electrons. The number of benzene rings is 1. The molecule has 1 aromatic carbocycles. The van der Waals surface area contributed by atoms with Crippen molar-refractivity contribution in [3.05, 3.63) is 29.8 Å². The van der Waals surface area contributed by atoms with E-state index in [-0.39, 0.29) is 29.8 Å². The van der Waals surface area contributed by atoms with Gasteiger partial charge in [0.25, 0.3) is 0 Å². The first-order valence-corrected chi connectivity index (χ1v) is 10.5. The van der Waals surface area contributed by atoms with Gasteiger partial charge in [0.1, 0.15) is 5.75 Å². The smallest absolute Gasteiger partial charge is 0.223 e. The van der Waals surface area contributed by atoms with Crippen molar-refractivity contribution in [2.45, 2.75) is 51.0 Å². The minimum absolute atomic E-state index is 0.0209. The topological polar surface area (TPSA) is 76.7 Å². The second-order valence-corrected chi connectivity index (χ2v) is 7.82. The average Bonchev–Trinajstić information content (AvgIpc) is 3.26. The van der Waals surface area contributed by atoms with E-state index < -0.39 is 0 Å². The Kier molecular flexibility index (Phi) is 7.71. The van der Waals surface area contributed by atoms with Gasteiger partial charge < -0.3 is 20.1 Å². The third kappa shape index (κ3) is 5.96. The summed E-state index contributed by atoms with van der Waals surface area (Å²) < 4.78 is 10.8. The quantitative estimate of drug-likeness (QED) is 0.717. The third-order valence-electron chi connectivity index (χ3n) is 5.84. The van der Waals surface area contributed by atoms with Gasteiger partial charge in [0.2, 0.25) is 11.8 Å². The molecule has 1 aromatic rings. The van der Waals surface area contributed by atoms with Crippen molar-refractivity contribution in [3.8, 4) is 5.75 Å². The van der Waals surface area contributed by atoms with E-state index >= 15 is 0 Å². The van der Waals surface area contributed by atoms with Crippen LogP contribution in [0.3, 0.4) is 0 Å². The molecular weight excluding hydrogens is 356 g/mol. The average molecular weight is 389 g/mol. The molecule has 2 amide bonds. The summed E-state index contributed by atoms with van der Waals surface area (Å²) in [5, 5.41) is 6.07. The molecule has 6 nitrogen and oxygen atoms in total. The molecule has 0 aromatic heterocycles. The highest BCUT2D eigenvalue weighted by Crippen LogP contribution is 2.29. The Hall–Kier alpha value is -2.08. The maximum absolute atomic E-state index is 12.4. The van der Waals surface area contributed by atoms with Crippen molar-refractivity contribution in [1.82, 2.24) is 10.6 Å². The van der Waals surface area contributed by atoms with Crippen molar-refractivity contribution in [1.29, 1.82) is 0 Å². The molecule has 0 bridgehead atoms. The fraction of sp³-hybridized carbons (Fsp3) is 0.636. The minimum atomic E-state index is 0.0209. The molecule has 28 heavy (non-hydrogen) atoms. The van der Waals surface area contributed by atoms with E-state index in [2.05, 4.69) is 10.6 Å². The first-order valence-electron chi connectivity index (χ1n) is 10.5. The fourth-order valence-electron chi connectivity index (χ4n) is 4.08. The zero-order valence-electron chi connectivity index (χ0n) is 16.7. The van der Waals surface area contributed by atoms with Crippen molar-refractivity contribution < 1.29 is 19.1 Å². The Morgan fingerprint density at radius 1 is 1.07 bits per heavy atom. The number of rotatable bonds is 8. The molecule has 1 aliphatic heterocycles. The summed E-state index contributed by atoms with van der Waals surface area (Å²) in [5.74, 6) is 1.11. The monoisotopic (exact) mass is 388 g/mol. The van der Waals surface area contributed by atoms with Gasteiger partial charge >= 0.3 is 0 Å². The first-order chi connectivity index (χ1) is 13.7. The minimum Gasteiger partial charge on any atom is -0.497 e. The molecular formula is C22H32N2O4. The van der Waals surface area contributed by atoms with Crippen LogP contribution in [0.2, 0.25) is 0 Å². The summed E-state index contributed by atoms with van der Waals surface area (Å²) in [7, 11) is 1.65. The van der Waals surface area contributed by atoms with E-state index in [1.165, 1.54) is 0 Å². The van der Waals surface area contributed by atoms with E-state index in [4.69, 9.17) is 9.47 Å². The van der Waals surface area contributed by atoms with Gasteiger partial charge in [-0.2, -0.15) is 0 Å². The molecule has 1 heterocycles. The number of methoxy groups -OCH3 is 1. The molecule has 2 fully saturated rings. The third-order valence-corrected chi connectivity index (χ3v) is 5.84. The fourth-order valence-corrected chi connectivity index (χ4v) is 4.08. The highest BCUT2D eigenvalue weighted by atomic mass is 16.5. The van der Waals surface area contributed by atoms with Crippen LogP contribution in [0.4, 0.5) is 0 Å². The number of hydrogen-bond acceptors (Lipinski definition) is 4. The van der Waals surface area contributed by atoms with E-state index in [1.807, 2.05) is 24.3 Å². The molecule has 2 N–H and O–H groups in total. The van der Waals surface area contributed by atoms with Crippen LogP contribution < -0.4 is 15.4 Å². The van der Waals surface area contributed by atoms with E-state index in [1.54, 1.807) is 7.11 Å². The van der Waals surface area contributed by atoms with Gasteiger partial charge in [-0.25, -0.2) is 0 Å². The largest absolute Gasteiger partial charge is 0.497 e. The van der Waals surface area contributed by atoms with Crippen molar-refractivity contribution in [2.24, 2.45) is 11.8 Å². The molecule has 1 saturated carbocycles. The SMILES string of the molecule is COc1cccc(CCNC(=O)C2CCC(C(=O)NCC3CCCO3)CC2)c1. The highest BCUT2D eigenvalue weighted by Gasteiger charge is 2.30. The zero-order chi connectivity index (χ0) is 19.8. The molecule has 1 atom stereocenters. The summed E-state index contributed by atoms with van der Waals surface area (Å²) in [6.45, 7) is 2.04. The van der Waals surface area contributed by atoms with Gasteiger partial charge in [-0.15, -0.1) is 0 Å². The molecule has 154 valence electrons. The van der Waals surface area contributed by atoms with Crippen LogP contribution in [0.1, 0.15) is 44.1 Å². The van der Waals surface area contributed by atoms with Crippen LogP contribution in [0.25, 0.3) is 0 Å². The van der Waals surface area contributed by atoms with E-state index in [9.17, 15) is 9.59 Å². The summed E-state index contributed by atoms with van der Waals surface area (Å²) in [4.78, 5) is 24.8. The number of carbonyl (C=O) groups excluding carboxylic acids is 2. The van der Waals surface area contributed by atoms with Gasteiger partial charge in [0.05, 0.1) is 13.2 Å². The molecule has 0 spiro atoms. The van der Waals surface area contributed by atoms with Gasteiger partial charge in [-0.1, -0.05) is 12.1 Å². The Bertz CT molecular complexity index is 650. The lowest BCUT2D eigenvalue weighted by atomic mass is 9.81. The lowest BCUT2D eigenvalue weighted by Gasteiger charge is -2.27. The second kappa shape index (κ2) is 10.5. The van der Waals surface area contributed by atoms with Gasteiger partial charge in [0.15, 0.2) is 0 Å². The maximum Gasteiger partial charge on any atom is 0.223 e. The first kappa shape index (κ1) is 20.6. The standard InChI is InChI=1S/C22H32N2O4/c1-27-19-5-2-4-16(14-19)11-12-23-21(25)17-7-9-18(10-8-17)22(26)24-15-20-6-3-13-28-20/h2,4-5,14,17-18,20H,3,6-13,15H2,1H3,(H,23,25)(H,24,26). The number of carbonyl (C=O) groups is 2. The Balaban J connectivity index is 1.33. The molecule has 2 aliphatic rings. The molecule has 1 saturated heterocycles. The van der Waals surface area contributed by atoms with Crippen molar-refractivity contribution >= 4 is 11.8 Å². The van der Waals surface area contributed by atoms with Crippen molar-refractivity contribution in [2.75, 3.05) is 26.8 Å². The highest BCUT2D eigenvalue weighted by molar-refractivity contribution is 5.81. The van der Waals surface area contributed by atoms with Crippen LogP contribution in [0, 0.1) is 11.8 Å². The molecule has 1 aliphatic carbocycles. The molecule has 1 unspecified atom stereocenters. The van der Waals surface area contributed by atoms with E-state index in [0.29, 0.717) is 13.1 Å². The van der Waals surface area contributed by atoms with Crippen LogP contribution in [-0.2, 0) is 20.7 Å². The lowest BCUT2D eigenvalue weighted by molar-refractivity contribution is -0.130. The predicted octanol–water partition coefficient (Wildman–Crippen LogP) is 2.46. The van der Waals surface area contributed by atoms with Crippen molar-refractivity contribution in [3.63, 3.8) is 0 Å². The maximum atomic E-state index is 12.4. The number of ether oxygens (including phenoxy) is 2. The summed E-state index contributed by atoms with van der Waals surface area (Å²) in [6.07, 6.45) is 6.20.